The van der Waals surface area contributed by atoms with Gasteiger partial charge in [0, 0.05) is 22.8 Å². The number of hydrogen-bond acceptors (Lipinski definition) is 2. The van der Waals surface area contributed by atoms with Crippen LogP contribution in [0.1, 0.15) is 28.7 Å². The minimum Gasteiger partial charge on any atom is -0.326 e. The molecule has 1 amide bonds. The molecule has 0 bridgehead atoms. The molecule has 3 rings (SSSR count). The second-order valence-corrected chi connectivity index (χ2v) is 7.83. The maximum Gasteiger partial charge on any atom is 0.224 e. The highest BCUT2D eigenvalue weighted by molar-refractivity contribution is 7.98. The van der Waals surface area contributed by atoms with E-state index in [9.17, 15) is 4.79 Å². The van der Waals surface area contributed by atoms with Crippen LogP contribution in [-0.2, 0) is 17.0 Å². The van der Waals surface area contributed by atoms with Crippen molar-refractivity contribution in [2.24, 2.45) is 0 Å². The first-order valence-electron chi connectivity index (χ1n) is 9.23. The molecular weight excluding hydrogens is 350 g/mol. The van der Waals surface area contributed by atoms with Crippen molar-refractivity contribution < 1.29 is 4.79 Å². The molecule has 0 saturated heterocycles. The number of anilines is 1. The van der Waals surface area contributed by atoms with Crippen molar-refractivity contribution in [2.75, 3.05) is 5.32 Å². The molecule has 0 radical (unpaired) electrons. The van der Waals surface area contributed by atoms with E-state index in [1.807, 2.05) is 30.8 Å². The van der Waals surface area contributed by atoms with Crippen LogP contribution in [-0.4, -0.2) is 5.91 Å². The molecule has 3 heteroatoms. The molecule has 0 aliphatic rings. The Balaban J connectivity index is 1.52. The molecule has 138 valence electrons. The van der Waals surface area contributed by atoms with Crippen LogP contribution < -0.4 is 5.32 Å². The molecule has 0 spiro atoms. The first kappa shape index (κ1) is 19.2. The maximum absolute atomic E-state index is 12.3. The number of aryl methyl sites for hydroxylation is 3. The van der Waals surface area contributed by atoms with Crippen LogP contribution in [0.5, 0.6) is 0 Å². The van der Waals surface area contributed by atoms with Gasteiger partial charge in [-0.05, 0) is 55.2 Å². The lowest BCUT2D eigenvalue weighted by Crippen LogP contribution is -2.13. The normalized spacial score (nSPS) is 10.6. The molecule has 0 aliphatic heterocycles. The Bertz CT molecular complexity index is 888. The number of carbonyl (C=O) groups excluding carboxylic acids is 1. The highest BCUT2D eigenvalue weighted by atomic mass is 32.2. The highest BCUT2D eigenvalue weighted by Gasteiger charge is 2.07. The van der Waals surface area contributed by atoms with Crippen LogP contribution in [0.4, 0.5) is 5.69 Å². The molecule has 0 saturated carbocycles. The molecule has 3 aromatic rings. The second kappa shape index (κ2) is 9.43. The van der Waals surface area contributed by atoms with E-state index in [0.717, 1.165) is 23.4 Å². The Hall–Kier alpha value is -2.52. The zero-order valence-corrected chi connectivity index (χ0v) is 16.7. The van der Waals surface area contributed by atoms with E-state index >= 15 is 0 Å². The summed E-state index contributed by atoms with van der Waals surface area (Å²) in [5.74, 6) is 0.983. The summed E-state index contributed by atoms with van der Waals surface area (Å²) < 4.78 is 0. The fourth-order valence-electron chi connectivity index (χ4n) is 2.86. The molecule has 27 heavy (non-hydrogen) atoms. The summed E-state index contributed by atoms with van der Waals surface area (Å²) in [5, 5.41) is 3.05. The van der Waals surface area contributed by atoms with Crippen LogP contribution in [0.25, 0.3) is 0 Å². The minimum atomic E-state index is 0.0603. The molecule has 1 N–H and O–H groups in total. The summed E-state index contributed by atoms with van der Waals surface area (Å²) in [6, 6.07) is 25.0. The Morgan fingerprint density at radius 1 is 0.889 bits per heavy atom. The zero-order chi connectivity index (χ0) is 19.1. The third kappa shape index (κ3) is 6.00. The molecule has 0 aliphatic carbocycles. The zero-order valence-electron chi connectivity index (χ0n) is 15.9. The summed E-state index contributed by atoms with van der Waals surface area (Å²) in [5.41, 5.74) is 5.70. The smallest absolute Gasteiger partial charge is 0.224 e. The standard InChI is InChI=1S/C24H25NOS/c1-18-8-10-20(11-9-18)13-15-24(26)25-23-14-12-21(16-19(23)2)17-27-22-6-4-3-5-7-22/h3-12,14,16H,13,15,17H2,1-2H3,(H,25,26). The van der Waals surface area contributed by atoms with E-state index < -0.39 is 0 Å². The molecule has 0 heterocycles. The first-order chi connectivity index (χ1) is 13.1. The number of nitrogens with one attached hydrogen (secondary N) is 1. The van der Waals surface area contributed by atoms with Crippen LogP contribution in [0.15, 0.2) is 77.7 Å². The molecule has 0 fully saturated rings. The van der Waals surface area contributed by atoms with Crippen LogP contribution >= 0.6 is 11.8 Å². The van der Waals surface area contributed by atoms with E-state index in [1.165, 1.54) is 21.6 Å². The van der Waals surface area contributed by atoms with Gasteiger partial charge in [-0.15, -0.1) is 11.8 Å². The summed E-state index contributed by atoms with van der Waals surface area (Å²) in [4.78, 5) is 13.6. The fourth-order valence-corrected chi connectivity index (χ4v) is 3.73. The molecule has 0 aromatic heterocycles. The number of carbonyl (C=O) groups is 1. The van der Waals surface area contributed by atoms with Crippen molar-refractivity contribution in [1.29, 1.82) is 0 Å². The van der Waals surface area contributed by atoms with E-state index in [-0.39, 0.29) is 5.91 Å². The molecule has 0 unspecified atom stereocenters. The van der Waals surface area contributed by atoms with Gasteiger partial charge < -0.3 is 5.32 Å². The Morgan fingerprint density at radius 3 is 2.30 bits per heavy atom. The SMILES string of the molecule is Cc1ccc(CCC(=O)Nc2ccc(CSc3ccccc3)cc2C)cc1. The predicted octanol–water partition coefficient (Wildman–Crippen LogP) is 6.17. The van der Waals surface area contributed by atoms with Gasteiger partial charge in [-0.3, -0.25) is 4.79 Å². The van der Waals surface area contributed by atoms with Crippen molar-refractivity contribution in [3.05, 3.63) is 95.1 Å². The van der Waals surface area contributed by atoms with Gasteiger partial charge in [-0.2, -0.15) is 0 Å². The van der Waals surface area contributed by atoms with E-state index in [1.54, 1.807) is 0 Å². The number of rotatable bonds is 7. The number of thioether (sulfide) groups is 1. The van der Waals surface area contributed by atoms with Crippen molar-refractivity contribution in [3.8, 4) is 0 Å². The van der Waals surface area contributed by atoms with Crippen molar-refractivity contribution in [1.82, 2.24) is 0 Å². The second-order valence-electron chi connectivity index (χ2n) is 6.78. The van der Waals surface area contributed by atoms with Gasteiger partial charge >= 0.3 is 0 Å². The lowest BCUT2D eigenvalue weighted by Gasteiger charge is -2.11. The van der Waals surface area contributed by atoms with Gasteiger partial charge in [-0.1, -0.05) is 60.2 Å². The Labute approximate surface area is 166 Å². The van der Waals surface area contributed by atoms with Gasteiger partial charge in [-0.25, -0.2) is 0 Å². The van der Waals surface area contributed by atoms with Gasteiger partial charge in [0.15, 0.2) is 0 Å². The monoisotopic (exact) mass is 375 g/mol. The van der Waals surface area contributed by atoms with Crippen molar-refractivity contribution in [2.45, 2.75) is 37.3 Å². The first-order valence-corrected chi connectivity index (χ1v) is 10.2. The highest BCUT2D eigenvalue weighted by Crippen LogP contribution is 2.25. The van der Waals surface area contributed by atoms with Crippen molar-refractivity contribution in [3.63, 3.8) is 0 Å². The summed E-state index contributed by atoms with van der Waals surface area (Å²) in [6.45, 7) is 4.12. The third-order valence-corrected chi connectivity index (χ3v) is 5.56. The quantitative estimate of drug-likeness (QED) is 0.501. The van der Waals surface area contributed by atoms with E-state index in [4.69, 9.17) is 0 Å². The topological polar surface area (TPSA) is 29.1 Å². The molecule has 3 aromatic carbocycles. The van der Waals surface area contributed by atoms with Gasteiger partial charge in [0.05, 0.1) is 0 Å². The molecular formula is C24H25NOS. The third-order valence-electron chi connectivity index (χ3n) is 4.47. The van der Waals surface area contributed by atoms with Gasteiger partial charge in [0.1, 0.15) is 0 Å². The van der Waals surface area contributed by atoms with Crippen molar-refractivity contribution >= 4 is 23.4 Å². The average molecular weight is 376 g/mol. The number of benzene rings is 3. The fraction of sp³-hybridized carbons (Fsp3) is 0.208. The lowest BCUT2D eigenvalue weighted by atomic mass is 10.1. The number of hydrogen-bond donors (Lipinski definition) is 1. The van der Waals surface area contributed by atoms with Gasteiger partial charge in [0.2, 0.25) is 5.91 Å². The summed E-state index contributed by atoms with van der Waals surface area (Å²) >= 11 is 1.82. The predicted molar refractivity (Wildman–Crippen MR) is 115 cm³/mol. The lowest BCUT2D eigenvalue weighted by molar-refractivity contribution is -0.116. The molecule has 0 atom stereocenters. The molecule has 2 nitrogen and oxygen atoms in total. The Kier molecular flexibility index (Phi) is 6.72. The number of amides is 1. The largest absolute Gasteiger partial charge is 0.326 e. The van der Waals surface area contributed by atoms with E-state index in [0.29, 0.717) is 6.42 Å². The summed E-state index contributed by atoms with van der Waals surface area (Å²) in [6.07, 6.45) is 1.26. The van der Waals surface area contributed by atoms with Crippen LogP contribution in [0, 0.1) is 13.8 Å². The minimum absolute atomic E-state index is 0.0603. The van der Waals surface area contributed by atoms with Crippen LogP contribution in [0.2, 0.25) is 0 Å². The van der Waals surface area contributed by atoms with Gasteiger partial charge in [0.25, 0.3) is 0 Å². The van der Waals surface area contributed by atoms with E-state index in [2.05, 4.69) is 72.9 Å². The average Bonchev–Trinajstić information content (AvgIpc) is 2.69. The summed E-state index contributed by atoms with van der Waals surface area (Å²) in [7, 11) is 0. The maximum atomic E-state index is 12.3. The van der Waals surface area contributed by atoms with Crippen LogP contribution in [0.3, 0.4) is 0 Å². The Morgan fingerprint density at radius 2 is 1.59 bits per heavy atom.